The molecule has 1 aromatic carbocycles. The predicted molar refractivity (Wildman–Crippen MR) is 89.9 cm³/mol. The van der Waals surface area contributed by atoms with Gasteiger partial charge in [0, 0.05) is 18.5 Å². The predicted octanol–water partition coefficient (Wildman–Crippen LogP) is 3.66. The van der Waals surface area contributed by atoms with Gasteiger partial charge in [0.1, 0.15) is 5.71 Å². The molecule has 4 heteroatoms. The molecule has 1 atom stereocenters. The molecular formula is C18H25N3O. The van der Waals surface area contributed by atoms with Gasteiger partial charge in [-0.1, -0.05) is 44.4 Å². The van der Waals surface area contributed by atoms with E-state index in [9.17, 15) is 4.79 Å². The average molecular weight is 299 g/mol. The van der Waals surface area contributed by atoms with Crippen LogP contribution in [0.1, 0.15) is 45.4 Å². The summed E-state index contributed by atoms with van der Waals surface area (Å²) in [6.45, 7) is 2.98. The topological polar surface area (TPSA) is 44.7 Å². The number of benzene rings is 1. The van der Waals surface area contributed by atoms with Gasteiger partial charge in [0.05, 0.1) is 5.69 Å². The molecule has 2 aliphatic rings. The highest BCUT2D eigenvalue weighted by molar-refractivity contribution is 6.41. The Balaban J connectivity index is 1.73. The van der Waals surface area contributed by atoms with Gasteiger partial charge in [-0.2, -0.15) is 5.10 Å². The van der Waals surface area contributed by atoms with Crippen molar-refractivity contribution in [3.05, 3.63) is 30.3 Å². The van der Waals surface area contributed by atoms with Gasteiger partial charge in [0.25, 0.3) is 5.91 Å². The number of likely N-dealkylation sites (tertiary alicyclic amines) is 1. The minimum Gasteiger partial charge on any atom is -0.334 e. The first kappa shape index (κ1) is 15.1. The Hall–Kier alpha value is -1.84. The second-order valence-electron chi connectivity index (χ2n) is 6.33. The maximum atomic E-state index is 12.8. The van der Waals surface area contributed by atoms with Gasteiger partial charge in [-0.3, -0.25) is 10.2 Å². The Morgan fingerprint density at radius 2 is 1.91 bits per heavy atom. The van der Waals surface area contributed by atoms with Crippen LogP contribution < -0.4 is 5.43 Å². The quantitative estimate of drug-likeness (QED) is 0.862. The minimum atomic E-state index is 0.141. The summed E-state index contributed by atoms with van der Waals surface area (Å²) in [7, 11) is 0. The fourth-order valence-corrected chi connectivity index (χ4v) is 3.54. The van der Waals surface area contributed by atoms with Gasteiger partial charge in [-0.25, -0.2) is 0 Å². The molecule has 1 unspecified atom stereocenters. The van der Waals surface area contributed by atoms with Gasteiger partial charge in [0.2, 0.25) is 0 Å². The summed E-state index contributed by atoms with van der Waals surface area (Å²) < 4.78 is 0. The van der Waals surface area contributed by atoms with Crippen molar-refractivity contribution in [3.8, 4) is 0 Å². The number of nitrogens with one attached hydrogen (secondary N) is 1. The van der Waals surface area contributed by atoms with Crippen LogP contribution in [-0.4, -0.2) is 29.1 Å². The number of anilines is 1. The first-order valence-corrected chi connectivity index (χ1v) is 8.49. The third kappa shape index (κ3) is 3.16. The maximum absolute atomic E-state index is 12.8. The molecule has 2 fully saturated rings. The van der Waals surface area contributed by atoms with E-state index in [0.717, 1.165) is 31.5 Å². The summed E-state index contributed by atoms with van der Waals surface area (Å²) >= 11 is 0. The number of carbonyl (C=O) groups excluding carboxylic acids is 1. The van der Waals surface area contributed by atoms with Gasteiger partial charge >= 0.3 is 0 Å². The molecule has 118 valence electrons. The summed E-state index contributed by atoms with van der Waals surface area (Å²) in [6.07, 6.45) is 7.08. The molecule has 0 aromatic heterocycles. The summed E-state index contributed by atoms with van der Waals surface area (Å²) in [4.78, 5) is 14.8. The monoisotopic (exact) mass is 299 g/mol. The first-order valence-electron chi connectivity index (χ1n) is 8.49. The highest BCUT2D eigenvalue weighted by Crippen LogP contribution is 2.28. The Bertz CT molecular complexity index is 535. The molecule has 1 aliphatic carbocycles. The Morgan fingerprint density at radius 1 is 1.18 bits per heavy atom. The number of hydrogen-bond donors (Lipinski definition) is 1. The van der Waals surface area contributed by atoms with E-state index < -0.39 is 0 Å². The van der Waals surface area contributed by atoms with Crippen molar-refractivity contribution in [3.63, 3.8) is 0 Å². The molecule has 0 bridgehead atoms. The standard InChI is InChI=1S/C18H25N3O/c1-2-14-13-21(16-11-7-4-8-12-16)18(22)17(14)20-19-15-9-5-3-6-10-15/h3,5-6,9-10,14,16,19H,2,4,7-8,11-13H2,1H3. The van der Waals surface area contributed by atoms with E-state index in [0.29, 0.717) is 11.8 Å². The van der Waals surface area contributed by atoms with E-state index in [1.165, 1.54) is 19.3 Å². The van der Waals surface area contributed by atoms with Crippen molar-refractivity contribution < 1.29 is 4.79 Å². The molecule has 0 radical (unpaired) electrons. The number of hydrogen-bond acceptors (Lipinski definition) is 3. The lowest BCUT2D eigenvalue weighted by atomic mass is 9.94. The fraction of sp³-hybridized carbons (Fsp3) is 0.556. The van der Waals surface area contributed by atoms with E-state index in [2.05, 4.69) is 22.4 Å². The third-order valence-electron chi connectivity index (χ3n) is 4.87. The maximum Gasteiger partial charge on any atom is 0.270 e. The van der Waals surface area contributed by atoms with Crippen LogP contribution in [0.5, 0.6) is 0 Å². The van der Waals surface area contributed by atoms with Crippen molar-refractivity contribution in [2.45, 2.75) is 51.5 Å². The van der Waals surface area contributed by atoms with Crippen LogP contribution in [0.4, 0.5) is 5.69 Å². The first-order chi connectivity index (χ1) is 10.8. The molecule has 1 heterocycles. The third-order valence-corrected chi connectivity index (χ3v) is 4.87. The second kappa shape index (κ2) is 6.95. The Morgan fingerprint density at radius 3 is 2.59 bits per heavy atom. The van der Waals surface area contributed by atoms with Gasteiger partial charge < -0.3 is 4.90 Å². The van der Waals surface area contributed by atoms with E-state index in [4.69, 9.17) is 0 Å². The van der Waals surface area contributed by atoms with E-state index in [1.54, 1.807) is 0 Å². The molecule has 0 spiro atoms. The van der Waals surface area contributed by atoms with Crippen LogP contribution in [0.2, 0.25) is 0 Å². The van der Waals surface area contributed by atoms with E-state index in [1.807, 2.05) is 30.3 Å². The highest BCUT2D eigenvalue weighted by Gasteiger charge is 2.39. The normalized spacial score (nSPS) is 25.0. The molecule has 1 amide bonds. The largest absolute Gasteiger partial charge is 0.334 e. The van der Waals surface area contributed by atoms with Crippen LogP contribution in [0.3, 0.4) is 0 Å². The number of carbonyl (C=O) groups is 1. The Labute approximate surface area is 132 Å². The van der Waals surface area contributed by atoms with Crippen LogP contribution in [-0.2, 0) is 4.79 Å². The lowest BCUT2D eigenvalue weighted by Crippen LogP contribution is -2.39. The molecule has 3 rings (SSSR count). The molecule has 1 aromatic rings. The van der Waals surface area contributed by atoms with Gasteiger partial charge in [0.15, 0.2) is 0 Å². The Kier molecular flexibility index (Phi) is 4.76. The number of nitrogens with zero attached hydrogens (tertiary/aromatic N) is 2. The van der Waals surface area contributed by atoms with Crippen molar-refractivity contribution in [2.24, 2.45) is 11.0 Å². The minimum absolute atomic E-state index is 0.141. The van der Waals surface area contributed by atoms with E-state index >= 15 is 0 Å². The average Bonchev–Trinajstić information content (AvgIpc) is 2.90. The number of para-hydroxylation sites is 1. The van der Waals surface area contributed by atoms with Crippen LogP contribution in [0, 0.1) is 5.92 Å². The van der Waals surface area contributed by atoms with Gasteiger partial charge in [-0.15, -0.1) is 0 Å². The molecule has 22 heavy (non-hydrogen) atoms. The molecule has 1 saturated carbocycles. The summed E-state index contributed by atoms with van der Waals surface area (Å²) in [5.74, 6) is 0.396. The summed E-state index contributed by atoms with van der Waals surface area (Å²) in [5, 5.41) is 4.45. The van der Waals surface area contributed by atoms with Crippen molar-refractivity contribution in [2.75, 3.05) is 12.0 Å². The zero-order valence-electron chi connectivity index (χ0n) is 13.3. The summed E-state index contributed by atoms with van der Waals surface area (Å²) in [6, 6.07) is 10.3. The smallest absolute Gasteiger partial charge is 0.270 e. The molecule has 1 aliphatic heterocycles. The highest BCUT2D eigenvalue weighted by atomic mass is 16.2. The molecule has 1 saturated heterocycles. The second-order valence-corrected chi connectivity index (χ2v) is 6.33. The molecule has 1 N–H and O–H groups in total. The molecule has 4 nitrogen and oxygen atoms in total. The van der Waals surface area contributed by atoms with Crippen LogP contribution in [0.25, 0.3) is 0 Å². The zero-order chi connectivity index (χ0) is 15.4. The van der Waals surface area contributed by atoms with E-state index in [-0.39, 0.29) is 11.8 Å². The number of amides is 1. The lowest BCUT2D eigenvalue weighted by Gasteiger charge is -2.30. The van der Waals surface area contributed by atoms with Crippen LogP contribution >= 0.6 is 0 Å². The number of hydrazone groups is 1. The lowest BCUT2D eigenvalue weighted by molar-refractivity contribution is -0.125. The number of rotatable bonds is 4. The van der Waals surface area contributed by atoms with Crippen molar-refractivity contribution in [1.29, 1.82) is 0 Å². The SMILES string of the molecule is CCC1CN(C2CCCCC2)C(=O)C1=NNc1ccccc1. The van der Waals surface area contributed by atoms with Crippen LogP contribution in [0.15, 0.2) is 35.4 Å². The van der Waals surface area contributed by atoms with Crippen molar-refractivity contribution in [1.82, 2.24) is 4.90 Å². The van der Waals surface area contributed by atoms with Gasteiger partial charge in [-0.05, 0) is 31.4 Å². The van der Waals surface area contributed by atoms with Crippen molar-refractivity contribution >= 4 is 17.3 Å². The zero-order valence-corrected chi connectivity index (χ0v) is 13.3. The summed E-state index contributed by atoms with van der Waals surface area (Å²) in [5.41, 5.74) is 4.68. The fourth-order valence-electron chi connectivity index (χ4n) is 3.54. The molecular weight excluding hydrogens is 274 g/mol.